The van der Waals surface area contributed by atoms with E-state index in [1.807, 2.05) is 20.8 Å². The van der Waals surface area contributed by atoms with Crippen molar-refractivity contribution in [1.82, 2.24) is 5.16 Å². The van der Waals surface area contributed by atoms with Gasteiger partial charge in [-0.05, 0) is 31.4 Å². The molecule has 6 nitrogen and oxygen atoms in total. The maximum Gasteiger partial charge on any atom is 0.239 e. The summed E-state index contributed by atoms with van der Waals surface area (Å²) >= 11 is 6.00. The van der Waals surface area contributed by atoms with E-state index < -0.39 is 0 Å². The number of allylic oxidation sites excluding steroid dienone is 3. The quantitative estimate of drug-likeness (QED) is 0.486. The Kier molecular flexibility index (Phi) is 7.29. The van der Waals surface area contributed by atoms with Gasteiger partial charge in [-0.1, -0.05) is 55.8 Å². The smallest absolute Gasteiger partial charge is 0.239 e. The molecule has 0 aliphatic rings. The van der Waals surface area contributed by atoms with Crippen LogP contribution in [0, 0.1) is 5.92 Å². The van der Waals surface area contributed by atoms with Crippen molar-refractivity contribution in [2.45, 2.75) is 40.0 Å². The molecule has 0 saturated carbocycles. The molecule has 0 bridgehead atoms. The number of nitrogens with one attached hydrogen (secondary N) is 1. The molecule has 2 aromatic rings. The van der Waals surface area contributed by atoms with Gasteiger partial charge in [0.05, 0.1) is 10.6 Å². The molecule has 1 atom stereocenters. The Labute approximate surface area is 169 Å². The second kappa shape index (κ2) is 9.46. The zero-order chi connectivity index (χ0) is 20.8. The summed E-state index contributed by atoms with van der Waals surface area (Å²) in [7, 11) is 0. The van der Waals surface area contributed by atoms with E-state index in [2.05, 4.69) is 17.1 Å². The van der Waals surface area contributed by atoms with Gasteiger partial charge in [0.1, 0.15) is 17.2 Å². The van der Waals surface area contributed by atoms with Crippen LogP contribution in [0.5, 0.6) is 11.5 Å². The minimum Gasteiger partial charge on any atom is -0.507 e. The van der Waals surface area contributed by atoms with Crippen molar-refractivity contribution in [3.63, 3.8) is 0 Å². The summed E-state index contributed by atoms with van der Waals surface area (Å²) in [6.07, 6.45) is 5.77. The third-order valence-electron chi connectivity index (χ3n) is 4.57. The van der Waals surface area contributed by atoms with Gasteiger partial charge < -0.3 is 14.7 Å². The van der Waals surface area contributed by atoms with Crippen LogP contribution in [-0.4, -0.2) is 21.3 Å². The number of aromatic nitrogens is 1. The molecule has 7 heteroatoms. The molecule has 0 radical (unpaired) electrons. The molecule has 150 valence electrons. The highest BCUT2D eigenvalue weighted by molar-refractivity contribution is 6.32. The monoisotopic (exact) mass is 404 g/mol. The number of hydrogen-bond acceptors (Lipinski definition) is 5. The lowest BCUT2D eigenvalue weighted by Gasteiger charge is -2.13. The van der Waals surface area contributed by atoms with Crippen molar-refractivity contribution in [3.05, 3.63) is 41.4 Å². The van der Waals surface area contributed by atoms with Crippen LogP contribution in [0.2, 0.25) is 5.02 Å². The Bertz CT molecular complexity index is 902. The highest BCUT2D eigenvalue weighted by atomic mass is 35.5. The molecule has 28 heavy (non-hydrogen) atoms. The zero-order valence-electron chi connectivity index (χ0n) is 16.3. The van der Waals surface area contributed by atoms with Gasteiger partial charge >= 0.3 is 0 Å². The van der Waals surface area contributed by atoms with Gasteiger partial charge in [-0.15, -0.1) is 0 Å². The van der Waals surface area contributed by atoms with E-state index in [0.29, 0.717) is 17.6 Å². The van der Waals surface area contributed by atoms with E-state index in [-0.39, 0.29) is 45.5 Å². The number of anilines is 1. The summed E-state index contributed by atoms with van der Waals surface area (Å²) in [6, 6.07) is 2.52. The van der Waals surface area contributed by atoms with Crippen LogP contribution >= 0.6 is 11.6 Å². The Morgan fingerprint density at radius 1 is 1.36 bits per heavy atom. The number of benzene rings is 1. The summed E-state index contributed by atoms with van der Waals surface area (Å²) in [5.41, 5.74) is 1.70. The van der Waals surface area contributed by atoms with Crippen molar-refractivity contribution in [3.8, 4) is 22.8 Å². The number of phenolic OH excluding ortho intramolecular Hbond substituents is 2. The van der Waals surface area contributed by atoms with Gasteiger partial charge in [0.25, 0.3) is 0 Å². The average Bonchev–Trinajstić information content (AvgIpc) is 3.07. The minimum atomic E-state index is -0.248. The molecular formula is C21H25ClN2O4. The molecular weight excluding hydrogens is 380 g/mol. The summed E-state index contributed by atoms with van der Waals surface area (Å²) < 4.78 is 5.42. The Morgan fingerprint density at radius 2 is 2.07 bits per heavy atom. The lowest BCUT2D eigenvalue weighted by Crippen LogP contribution is -2.22. The fraction of sp³-hybridized carbons (Fsp3) is 0.333. The first kappa shape index (κ1) is 21.6. The van der Waals surface area contributed by atoms with E-state index in [4.69, 9.17) is 16.1 Å². The molecule has 0 fully saturated rings. The van der Waals surface area contributed by atoms with E-state index in [1.165, 1.54) is 6.07 Å². The highest BCUT2D eigenvalue weighted by Crippen LogP contribution is 2.42. The van der Waals surface area contributed by atoms with Crippen LogP contribution < -0.4 is 5.32 Å². The van der Waals surface area contributed by atoms with Crippen LogP contribution in [0.3, 0.4) is 0 Å². The number of carbonyl (C=O) groups excluding carboxylic acids is 1. The second-order valence-electron chi connectivity index (χ2n) is 6.39. The van der Waals surface area contributed by atoms with Crippen LogP contribution in [0.4, 0.5) is 5.88 Å². The number of amides is 1. The van der Waals surface area contributed by atoms with Crippen LogP contribution in [0.25, 0.3) is 16.8 Å². The maximum absolute atomic E-state index is 12.6. The Balaban J connectivity index is 2.57. The van der Waals surface area contributed by atoms with Crippen molar-refractivity contribution >= 4 is 29.0 Å². The van der Waals surface area contributed by atoms with Crippen LogP contribution in [0.1, 0.15) is 45.6 Å². The van der Waals surface area contributed by atoms with Crippen molar-refractivity contribution < 1.29 is 19.5 Å². The Hall–Kier alpha value is -2.73. The summed E-state index contributed by atoms with van der Waals surface area (Å²) in [4.78, 5) is 12.6. The van der Waals surface area contributed by atoms with Crippen molar-refractivity contribution in [1.29, 1.82) is 0 Å². The number of nitrogens with zero attached hydrogens (tertiary/aromatic N) is 1. The minimum absolute atomic E-state index is 0.0574. The normalized spacial score (nSPS) is 12.6. The first-order valence-electron chi connectivity index (χ1n) is 9.19. The van der Waals surface area contributed by atoms with Gasteiger partial charge in [-0.3, -0.25) is 10.1 Å². The van der Waals surface area contributed by atoms with Crippen molar-refractivity contribution in [2.24, 2.45) is 5.92 Å². The molecule has 1 unspecified atom stereocenters. The zero-order valence-corrected chi connectivity index (χ0v) is 17.0. The predicted molar refractivity (Wildman–Crippen MR) is 111 cm³/mol. The second-order valence-corrected chi connectivity index (χ2v) is 6.79. The highest BCUT2D eigenvalue weighted by Gasteiger charge is 2.25. The summed E-state index contributed by atoms with van der Waals surface area (Å²) in [6.45, 7) is 9.60. The molecule has 2 rings (SSSR count). The van der Waals surface area contributed by atoms with Crippen molar-refractivity contribution in [2.75, 3.05) is 5.32 Å². The third kappa shape index (κ3) is 4.39. The van der Waals surface area contributed by atoms with Gasteiger partial charge in [0, 0.05) is 17.5 Å². The molecule has 0 spiro atoms. The molecule has 1 amide bonds. The van der Waals surface area contributed by atoms with Crippen LogP contribution in [0.15, 0.2) is 35.4 Å². The number of halogens is 1. The Morgan fingerprint density at radius 3 is 2.64 bits per heavy atom. The molecule has 1 aromatic carbocycles. The van der Waals surface area contributed by atoms with Gasteiger partial charge in [-0.2, -0.15) is 0 Å². The standard InChI is InChI=1S/C21H25ClN2O4/c1-5-9-13(8-4)20(27)23-21-18(12(6-2)7-3)19(24-28-21)14-10-15(22)17(26)11-16(14)25/h6-7,10-11,13,25-26H,2,5,8-9H2,1,3-4H3,(H,23,27)/b12-7+. The van der Waals surface area contributed by atoms with Gasteiger partial charge in [0.2, 0.25) is 11.8 Å². The maximum atomic E-state index is 12.6. The molecule has 3 N–H and O–H groups in total. The lowest BCUT2D eigenvalue weighted by molar-refractivity contribution is -0.120. The van der Waals surface area contributed by atoms with E-state index in [0.717, 1.165) is 18.9 Å². The number of aromatic hydroxyl groups is 2. The van der Waals surface area contributed by atoms with E-state index in [9.17, 15) is 15.0 Å². The third-order valence-corrected chi connectivity index (χ3v) is 4.87. The average molecular weight is 405 g/mol. The first-order valence-corrected chi connectivity index (χ1v) is 9.57. The summed E-state index contributed by atoms with van der Waals surface area (Å²) in [5, 5.41) is 26.9. The number of rotatable bonds is 8. The number of phenols is 2. The number of hydrogen-bond donors (Lipinski definition) is 3. The van der Waals surface area contributed by atoms with Crippen LogP contribution in [-0.2, 0) is 4.79 Å². The lowest BCUT2D eigenvalue weighted by atomic mass is 9.98. The molecule has 0 saturated heterocycles. The molecule has 1 aromatic heterocycles. The largest absolute Gasteiger partial charge is 0.507 e. The first-order chi connectivity index (χ1) is 13.4. The molecule has 1 heterocycles. The number of carbonyl (C=O) groups is 1. The SMILES string of the molecule is C=C/C(=C\C)c1c(-c2cc(Cl)c(O)cc2O)noc1NC(=O)C(CC)CCC. The van der Waals surface area contributed by atoms with E-state index in [1.54, 1.807) is 12.2 Å². The predicted octanol–water partition coefficient (Wildman–Crippen LogP) is 5.76. The van der Waals surface area contributed by atoms with E-state index >= 15 is 0 Å². The molecule has 0 aliphatic heterocycles. The fourth-order valence-electron chi connectivity index (χ4n) is 3.01. The van der Waals surface area contributed by atoms with Gasteiger partial charge in [0.15, 0.2) is 0 Å². The fourth-order valence-corrected chi connectivity index (χ4v) is 3.18. The van der Waals surface area contributed by atoms with Gasteiger partial charge in [-0.25, -0.2) is 0 Å². The molecule has 0 aliphatic carbocycles. The topological polar surface area (TPSA) is 95.6 Å². The summed E-state index contributed by atoms with van der Waals surface area (Å²) in [5.74, 6) is -0.583.